The maximum atomic E-state index is 13.5. The number of urea groups is 1. The van der Waals surface area contributed by atoms with Gasteiger partial charge in [0.2, 0.25) is 23.6 Å². The summed E-state index contributed by atoms with van der Waals surface area (Å²) in [5.41, 5.74) is 20.8. The minimum atomic E-state index is -5.62. The van der Waals surface area contributed by atoms with Gasteiger partial charge in [0, 0.05) is 182 Å². The molecule has 4 fully saturated rings. The topological polar surface area (TPSA) is 216 Å². The summed E-state index contributed by atoms with van der Waals surface area (Å²) in [7, 11) is 1.61. The number of carbonyl (C=O) groups is 5. The van der Waals surface area contributed by atoms with E-state index in [2.05, 4.69) is 184 Å². The normalized spacial score (nSPS) is 16.2. The summed E-state index contributed by atoms with van der Waals surface area (Å²) < 4.78 is 118. The number of carbonyl (C=O) groups excluding carboxylic acids is 5. The summed E-state index contributed by atoms with van der Waals surface area (Å²) >= 11 is 0. The summed E-state index contributed by atoms with van der Waals surface area (Å²) in [6, 6.07) is 69.8. The van der Waals surface area contributed by atoms with Crippen LogP contribution >= 0.6 is 0 Å². The van der Waals surface area contributed by atoms with Gasteiger partial charge in [0.05, 0.1) is 18.3 Å². The van der Waals surface area contributed by atoms with Crippen LogP contribution in [0.5, 0.6) is 0 Å². The van der Waals surface area contributed by atoms with Gasteiger partial charge in [-0.3, -0.25) is 19.2 Å². The molecule has 2 aromatic heterocycles. The maximum Gasteiger partial charge on any atom is 0.458 e. The van der Waals surface area contributed by atoms with E-state index in [4.69, 9.17) is 14.6 Å². The Morgan fingerprint density at radius 1 is 0.418 bits per heavy atom. The first-order chi connectivity index (χ1) is 64.7. The molecule has 7 aliphatic rings. The zero-order valence-corrected chi connectivity index (χ0v) is 75.7. The molecule has 0 radical (unpaired) electrons. The number of hydrogen-bond acceptors (Lipinski definition) is 11. The fourth-order valence-corrected chi connectivity index (χ4v) is 18.1. The number of aliphatic hydroxyl groups excluding tert-OH is 1. The SMILES string of the molecule is CCC(=O)Nc1ccc2c(c1)CCN2Cc1ccc(C2CCCO2)cc1.CCCc1ccc(Cn2ccc3cc(NC(=O)C4CC4)ccc32)cc1.CNC(=O)Nc1ccc2c(ccn2Cc2ccc(C3CCOC3)cc2)c1.O=C(CO)Nc1ccc2c(c1)CCCN2Cc1ccc(C(F)(F)F)cc1.O=C(Nc1ccc2c(c1)CCN2Cc1ccc(C(F)(F)C(F)(F)F)cc1)C1CCCC1. The minimum Gasteiger partial charge on any atom is -0.387 e. The highest BCUT2D eigenvalue weighted by atomic mass is 19.4. The van der Waals surface area contributed by atoms with E-state index in [1.165, 1.54) is 80.8 Å². The lowest BCUT2D eigenvalue weighted by Crippen LogP contribution is -2.33. The Balaban J connectivity index is 0.000000128. The van der Waals surface area contributed by atoms with Crippen molar-refractivity contribution in [3.63, 3.8) is 0 Å². The molecule has 2 unspecified atom stereocenters. The Kier molecular flexibility index (Phi) is 31.4. The van der Waals surface area contributed by atoms with Gasteiger partial charge in [0.15, 0.2) is 0 Å². The van der Waals surface area contributed by atoms with E-state index in [-0.39, 0.29) is 41.7 Å². The van der Waals surface area contributed by atoms with Crippen molar-refractivity contribution < 1.29 is 73.7 Å². The lowest BCUT2D eigenvalue weighted by atomic mass is 9.97. The van der Waals surface area contributed by atoms with E-state index in [9.17, 15) is 59.1 Å². The number of alkyl halides is 8. The summed E-state index contributed by atoms with van der Waals surface area (Å²) in [6.45, 7) is 12.2. The number of ether oxygens (including phenoxy) is 2. The molecule has 6 amide bonds. The van der Waals surface area contributed by atoms with Crippen LogP contribution in [-0.2, 0) is 99.2 Å². The van der Waals surface area contributed by atoms with Crippen molar-refractivity contribution in [3.8, 4) is 0 Å². The third-order valence-corrected chi connectivity index (χ3v) is 25.7. The predicted octanol–water partition coefficient (Wildman–Crippen LogP) is 23.0. The first kappa shape index (κ1) is 95.8. The van der Waals surface area contributed by atoms with E-state index < -0.39 is 41.9 Å². The first-order valence-electron chi connectivity index (χ1n) is 46.5. The average molecular weight is 1840 g/mol. The van der Waals surface area contributed by atoms with Gasteiger partial charge in [0.25, 0.3) is 0 Å². The molecule has 2 saturated carbocycles. The zero-order valence-electron chi connectivity index (χ0n) is 75.7. The van der Waals surface area contributed by atoms with Crippen LogP contribution < -0.4 is 46.6 Å². The van der Waals surface area contributed by atoms with Crippen molar-refractivity contribution in [2.75, 3.05) is 94.4 Å². The first-order valence-corrected chi connectivity index (χ1v) is 46.5. The second-order valence-electron chi connectivity index (χ2n) is 35.5. The van der Waals surface area contributed by atoms with Gasteiger partial charge in [0.1, 0.15) is 6.61 Å². The number of amides is 6. The van der Waals surface area contributed by atoms with E-state index in [0.717, 1.165) is 234 Å². The Labute approximate surface area is 776 Å². The van der Waals surface area contributed by atoms with Gasteiger partial charge in [-0.25, -0.2) is 4.79 Å². The quantitative estimate of drug-likeness (QED) is 0.0283. The highest BCUT2D eigenvalue weighted by Crippen LogP contribution is 2.45. The Hall–Kier alpha value is -12.9. The second kappa shape index (κ2) is 43.9. The molecule has 27 heteroatoms. The number of aliphatic hydroxyl groups is 1. The molecular formula is C107H115F8N11O8. The summed E-state index contributed by atoms with van der Waals surface area (Å²) in [6.07, 6.45) is 10.5. The molecule has 0 bridgehead atoms. The Morgan fingerprint density at radius 3 is 1.32 bits per heavy atom. The van der Waals surface area contributed by atoms with Crippen LogP contribution in [0.2, 0.25) is 0 Å². The number of hydrogen-bond donors (Lipinski definition) is 7. The largest absolute Gasteiger partial charge is 0.458 e. The fourth-order valence-electron chi connectivity index (χ4n) is 18.1. The van der Waals surface area contributed by atoms with Crippen LogP contribution in [-0.4, -0.2) is 103 Å². The molecule has 10 aromatic carbocycles. The van der Waals surface area contributed by atoms with Gasteiger partial charge in [-0.15, -0.1) is 0 Å². The van der Waals surface area contributed by atoms with Crippen LogP contribution in [0.4, 0.5) is 85.4 Å². The van der Waals surface area contributed by atoms with Gasteiger partial charge >= 0.3 is 24.3 Å². The highest BCUT2D eigenvalue weighted by molar-refractivity contribution is 5.97. The molecule has 12 aromatic rings. The van der Waals surface area contributed by atoms with Crippen LogP contribution in [0, 0.1) is 11.8 Å². The van der Waals surface area contributed by atoms with Crippen LogP contribution in [0.15, 0.2) is 237 Å². The average Bonchev–Trinajstić information content (AvgIpc) is 1.25. The lowest BCUT2D eigenvalue weighted by Gasteiger charge is -2.32. The van der Waals surface area contributed by atoms with E-state index in [1.807, 2.05) is 67.6 Å². The standard InChI is InChI=1S/C23H23F5N2O.C22H26N2O2.C22H24N2O.C21H23N3O2.C19H19F3N2O2/c24-22(25,23(26,27)28)18-7-5-15(6-8-18)14-30-12-11-17-13-19(9-10-20(17)30)29-21(31)16-3-1-2-4-16;1-2-22(25)23-19-9-10-20-18(14-19)11-12-24(20)15-16-5-7-17(8-6-16)21-4-3-13-26-21;1-2-3-16-4-6-17(7-5-16)15-24-13-12-19-14-20(10-11-21(19)24)23-22(25)18-8-9-18;1-22-21(25)23-19-6-7-20-17(12-19)8-10-24(20)13-15-2-4-16(5-3-15)18-9-11-26-14-18;20-19(21,22)15-5-3-13(4-6-15)11-24-9-1-2-14-10-16(7-8-17(14)24)23-18(26)12-25/h5-10,13,16H,1-4,11-12,14H2,(H,29,31);5-10,14,21H,2-4,11-13,15H2,1H3,(H,23,25);4-7,10-14,18H,2-3,8-9,15H2,1H3,(H,23,25);2-8,10,12,18H,9,11,13-14H2,1H3,(H2,22,23,25);3-8,10,25H,1-2,9,11-12H2,(H,23,26). The summed E-state index contributed by atoms with van der Waals surface area (Å²) in [5, 5.41) is 28.0. The summed E-state index contributed by atoms with van der Waals surface area (Å²) in [4.78, 5) is 65.2. The molecule has 702 valence electrons. The number of nitrogens with one attached hydrogen (secondary N) is 6. The minimum absolute atomic E-state index is 0.0584. The molecule has 19 nitrogen and oxygen atoms in total. The number of aromatic nitrogens is 2. The van der Waals surface area contributed by atoms with Gasteiger partial charge in [-0.1, -0.05) is 142 Å². The molecule has 7 N–H and O–H groups in total. The number of anilines is 8. The summed E-state index contributed by atoms with van der Waals surface area (Å²) in [5.74, 6) is -4.20. The number of benzene rings is 10. The van der Waals surface area contributed by atoms with Crippen molar-refractivity contribution in [2.45, 2.75) is 180 Å². The third kappa shape index (κ3) is 25.0. The molecule has 5 aliphatic heterocycles. The van der Waals surface area contributed by atoms with Gasteiger partial charge in [-0.2, -0.15) is 35.1 Å². The molecule has 2 atom stereocenters. The van der Waals surface area contributed by atoms with Crippen molar-refractivity contribution in [1.82, 2.24) is 14.5 Å². The van der Waals surface area contributed by atoms with Crippen LogP contribution in [0.3, 0.4) is 0 Å². The molecule has 7 heterocycles. The van der Waals surface area contributed by atoms with Gasteiger partial charge < -0.3 is 70.3 Å². The number of rotatable bonds is 24. The van der Waals surface area contributed by atoms with Crippen molar-refractivity contribution in [3.05, 3.63) is 309 Å². The highest BCUT2D eigenvalue weighted by Gasteiger charge is 2.58. The fraction of sp³-hybridized carbons (Fsp3) is 0.355. The smallest absolute Gasteiger partial charge is 0.387 e. The van der Waals surface area contributed by atoms with E-state index in [0.29, 0.717) is 43.2 Å². The number of halogens is 8. The lowest BCUT2D eigenvalue weighted by molar-refractivity contribution is -0.289. The van der Waals surface area contributed by atoms with Crippen molar-refractivity contribution >= 4 is 97.0 Å². The number of fused-ring (bicyclic) bond motifs is 5. The van der Waals surface area contributed by atoms with Crippen molar-refractivity contribution in [1.29, 1.82) is 0 Å². The Bertz CT molecular complexity index is 6020. The molecular weight excluding hydrogens is 1720 g/mol. The molecule has 0 spiro atoms. The second-order valence-corrected chi connectivity index (χ2v) is 35.5. The van der Waals surface area contributed by atoms with Gasteiger partial charge in [-0.05, 0) is 254 Å². The van der Waals surface area contributed by atoms with Crippen molar-refractivity contribution in [2.24, 2.45) is 11.8 Å². The maximum absolute atomic E-state index is 13.5. The predicted molar refractivity (Wildman–Crippen MR) is 512 cm³/mol. The zero-order chi connectivity index (χ0) is 94.0. The van der Waals surface area contributed by atoms with E-state index >= 15 is 0 Å². The van der Waals surface area contributed by atoms with Crippen LogP contribution in [0.25, 0.3) is 21.8 Å². The Morgan fingerprint density at radius 2 is 0.858 bits per heavy atom. The molecule has 2 saturated heterocycles. The number of nitrogens with zero attached hydrogens (tertiary/aromatic N) is 5. The molecule has 19 rings (SSSR count). The molecule has 134 heavy (non-hydrogen) atoms. The third-order valence-electron chi connectivity index (χ3n) is 25.7. The van der Waals surface area contributed by atoms with Crippen LogP contribution in [0.1, 0.15) is 175 Å². The number of aryl methyl sites for hydroxylation is 2. The molecule has 2 aliphatic carbocycles. The monoisotopic (exact) mass is 1830 g/mol. The van der Waals surface area contributed by atoms with E-state index in [1.54, 1.807) is 13.1 Å².